The first-order valence-electron chi connectivity index (χ1n) is 7.75. The molecule has 0 radical (unpaired) electrons. The zero-order chi connectivity index (χ0) is 14.4. The molecule has 2 N–H and O–H groups in total. The lowest BCUT2D eigenvalue weighted by Crippen LogP contribution is -2.33. The second-order valence-electron chi connectivity index (χ2n) is 6.12. The van der Waals surface area contributed by atoms with Crippen LogP contribution in [0.3, 0.4) is 0 Å². The first kappa shape index (κ1) is 15.5. The number of nitrogens with one attached hydrogen (secondary N) is 1. The van der Waals surface area contributed by atoms with Gasteiger partial charge >= 0.3 is 0 Å². The number of hydrogen-bond acceptors (Lipinski definition) is 3. The Balaban J connectivity index is 1.77. The molecule has 0 fully saturated rings. The van der Waals surface area contributed by atoms with E-state index in [9.17, 15) is 5.11 Å². The molecule has 0 saturated heterocycles. The van der Waals surface area contributed by atoms with Crippen LogP contribution in [0.2, 0.25) is 0 Å². The number of aliphatic hydroxyl groups excluding tert-OH is 1. The minimum Gasteiger partial charge on any atom is -0.389 e. The molecule has 0 saturated carbocycles. The Bertz CT molecular complexity index is 406. The van der Waals surface area contributed by atoms with Gasteiger partial charge in [0.05, 0.1) is 18.8 Å². The molecule has 2 rings (SSSR count). The Morgan fingerprint density at radius 1 is 1.30 bits per heavy atom. The van der Waals surface area contributed by atoms with Crippen LogP contribution in [0.25, 0.3) is 0 Å². The zero-order valence-corrected chi connectivity index (χ0v) is 12.6. The van der Waals surface area contributed by atoms with Crippen molar-refractivity contribution in [1.29, 1.82) is 0 Å². The van der Waals surface area contributed by atoms with Gasteiger partial charge in [0.1, 0.15) is 0 Å². The van der Waals surface area contributed by atoms with E-state index in [0.29, 0.717) is 19.1 Å². The first-order valence-corrected chi connectivity index (χ1v) is 7.75. The van der Waals surface area contributed by atoms with Gasteiger partial charge in [-0.1, -0.05) is 38.1 Å². The van der Waals surface area contributed by atoms with Gasteiger partial charge < -0.3 is 15.2 Å². The highest BCUT2D eigenvalue weighted by atomic mass is 16.5. The van der Waals surface area contributed by atoms with Crippen LogP contribution in [0.1, 0.15) is 43.9 Å². The van der Waals surface area contributed by atoms with Crippen molar-refractivity contribution in [2.75, 3.05) is 19.7 Å². The summed E-state index contributed by atoms with van der Waals surface area (Å²) in [6, 6.07) is 8.50. The fraction of sp³-hybridized carbons (Fsp3) is 0.647. The minimum atomic E-state index is -0.428. The molecule has 0 spiro atoms. The van der Waals surface area contributed by atoms with Gasteiger partial charge in [-0.15, -0.1) is 0 Å². The van der Waals surface area contributed by atoms with Crippen molar-refractivity contribution in [3.63, 3.8) is 0 Å². The molecule has 112 valence electrons. The van der Waals surface area contributed by atoms with Crippen molar-refractivity contribution in [2.45, 2.75) is 45.3 Å². The van der Waals surface area contributed by atoms with Gasteiger partial charge in [-0.25, -0.2) is 0 Å². The Morgan fingerprint density at radius 3 is 2.90 bits per heavy atom. The molecular formula is C17H27NO2. The van der Waals surface area contributed by atoms with Gasteiger partial charge in [-0.2, -0.15) is 0 Å². The molecule has 1 aromatic rings. The van der Waals surface area contributed by atoms with Crippen molar-refractivity contribution >= 4 is 0 Å². The second-order valence-corrected chi connectivity index (χ2v) is 6.12. The highest BCUT2D eigenvalue weighted by Gasteiger charge is 2.21. The van der Waals surface area contributed by atoms with Crippen molar-refractivity contribution in [3.8, 4) is 0 Å². The first-order chi connectivity index (χ1) is 9.66. The van der Waals surface area contributed by atoms with E-state index in [0.717, 1.165) is 19.4 Å². The van der Waals surface area contributed by atoms with Crippen LogP contribution in [-0.4, -0.2) is 30.9 Å². The summed E-state index contributed by atoms with van der Waals surface area (Å²) in [5.41, 5.74) is 2.71. The van der Waals surface area contributed by atoms with Crippen molar-refractivity contribution in [2.24, 2.45) is 5.92 Å². The van der Waals surface area contributed by atoms with Gasteiger partial charge in [0.2, 0.25) is 0 Å². The number of aliphatic hydroxyl groups is 1. The van der Waals surface area contributed by atoms with Crippen molar-refractivity contribution in [3.05, 3.63) is 35.4 Å². The third kappa shape index (κ3) is 4.58. The monoisotopic (exact) mass is 277 g/mol. The average Bonchev–Trinajstić information content (AvgIpc) is 2.44. The summed E-state index contributed by atoms with van der Waals surface area (Å²) >= 11 is 0. The fourth-order valence-corrected chi connectivity index (χ4v) is 2.71. The van der Waals surface area contributed by atoms with Crippen molar-refractivity contribution < 1.29 is 9.84 Å². The van der Waals surface area contributed by atoms with Gasteiger partial charge in [-0.05, 0) is 42.9 Å². The number of aryl methyl sites for hydroxylation is 1. The van der Waals surface area contributed by atoms with E-state index in [2.05, 4.69) is 43.4 Å². The minimum absolute atomic E-state index is 0.152. The van der Waals surface area contributed by atoms with Gasteiger partial charge in [-0.3, -0.25) is 0 Å². The van der Waals surface area contributed by atoms with E-state index in [-0.39, 0.29) is 6.10 Å². The zero-order valence-electron chi connectivity index (χ0n) is 12.6. The van der Waals surface area contributed by atoms with E-state index in [4.69, 9.17) is 4.74 Å². The summed E-state index contributed by atoms with van der Waals surface area (Å²) in [5, 5.41) is 13.2. The van der Waals surface area contributed by atoms with Gasteiger partial charge in [0.15, 0.2) is 0 Å². The number of ether oxygens (including phenoxy) is 1. The van der Waals surface area contributed by atoms with Crippen LogP contribution >= 0.6 is 0 Å². The summed E-state index contributed by atoms with van der Waals surface area (Å²) < 4.78 is 5.94. The Morgan fingerprint density at radius 2 is 2.10 bits per heavy atom. The molecule has 3 nitrogen and oxygen atoms in total. The maximum atomic E-state index is 9.95. The maximum absolute atomic E-state index is 9.95. The van der Waals surface area contributed by atoms with Crippen LogP contribution in [0.15, 0.2) is 24.3 Å². The number of fused-ring (bicyclic) bond motifs is 1. The molecule has 3 heteroatoms. The molecule has 0 aliphatic heterocycles. The molecule has 1 aliphatic rings. The Kier molecular flexibility index (Phi) is 6.02. The third-order valence-electron chi connectivity index (χ3n) is 3.74. The molecular weight excluding hydrogens is 250 g/mol. The highest BCUT2D eigenvalue weighted by molar-refractivity contribution is 5.31. The molecule has 0 heterocycles. The normalized spacial score (nSPS) is 19.9. The van der Waals surface area contributed by atoms with E-state index in [1.54, 1.807) is 0 Å². The lowest BCUT2D eigenvalue weighted by atomic mass is 9.89. The fourth-order valence-electron chi connectivity index (χ4n) is 2.71. The number of benzene rings is 1. The number of rotatable bonds is 7. The third-order valence-corrected chi connectivity index (χ3v) is 3.74. The van der Waals surface area contributed by atoms with Crippen LogP contribution in [0, 0.1) is 5.92 Å². The molecule has 1 aromatic carbocycles. The summed E-state index contributed by atoms with van der Waals surface area (Å²) in [6.45, 7) is 6.27. The quantitative estimate of drug-likeness (QED) is 0.805. The van der Waals surface area contributed by atoms with E-state index < -0.39 is 6.10 Å². The van der Waals surface area contributed by atoms with Crippen LogP contribution in [0.5, 0.6) is 0 Å². The smallest absolute Gasteiger partial charge is 0.0897 e. The predicted octanol–water partition coefficient (Wildman–Crippen LogP) is 2.69. The molecule has 0 aromatic heterocycles. The van der Waals surface area contributed by atoms with E-state index in [1.165, 1.54) is 17.5 Å². The molecule has 1 aliphatic carbocycles. The van der Waals surface area contributed by atoms with Gasteiger partial charge in [0, 0.05) is 6.54 Å². The van der Waals surface area contributed by atoms with E-state index in [1.807, 2.05) is 0 Å². The lowest BCUT2D eigenvalue weighted by molar-refractivity contribution is -0.0168. The highest BCUT2D eigenvalue weighted by Crippen LogP contribution is 2.32. The van der Waals surface area contributed by atoms with Gasteiger partial charge in [0.25, 0.3) is 0 Å². The predicted molar refractivity (Wildman–Crippen MR) is 81.8 cm³/mol. The molecule has 0 unspecified atom stereocenters. The SMILES string of the molecule is CC(C)CNC[C@H](O)CO[C@@H]1CCCc2ccccc21. The van der Waals surface area contributed by atoms with E-state index >= 15 is 0 Å². The second kappa shape index (κ2) is 7.77. The van der Waals surface area contributed by atoms with Crippen LogP contribution in [0.4, 0.5) is 0 Å². The summed E-state index contributed by atoms with van der Waals surface area (Å²) in [4.78, 5) is 0. The molecule has 2 atom stereocenters. The lowest BCUT2D eigenvalue weighted by Gasteiger charge is -2.26. The average molecular weight is 277 g/mol. The summed E-state index contributed by atoms with van der Waals surface area (Å²) in [7, 11) is 0. The molecule has 0 bridgehead atoms. The molecule has 20 heavy (non-hydrogen) atoms. The Hall–Kier alpha value is -0.900. The summed E-state index contributed by atoms with van der Waals surface area (Å²) in [5.74, 6) is 0.605. The Labute approximate surface area is 122 Å². The van der Waals surface area contributed by atoms with Crippen molar-refractivity contribution in [1.82, 2.24) is 5.32 Å². The van der Waals surface area contributed by atoms with Crippen LogP contribution < -0.4 is 5.32 Å². The topological polar surface area (TPSA) is 41.5 Å². The van der Waals surface area contributed by atoms with Crippen LogP contribution in [-0.2, 0) is 11.2 Å². The molecule has 0 amide bonds. The largest absolute Gasteiger partial charge is 0.389 e. The number of hydrogen-bond donors (Lipinski definition) is 2. The maximum Gasteiger partial charge on any atom is 0.0897 e. The standard InChI is InChI=1S/C17H27NO2/c1-13(2)10-18-11-15(19)12-20-17-9-5-7-14-6-3-4-8-16(14)17/h3-4,6,8,13,15,17-19H,5,7,9-12H2,1-2H3/t15-,17+/m0/s1. The summed E-state index contributed by atoms with van der Waals surface area (Å²) in [6.07, 6.45) is 3.10.